The van der Waals surface area contributed by atoms with E-state index in [0.29, 0.717) is 32.3 Å². The predicted molar refractivity (Wildman–Crippen MR) is 96.2 cm³/mol. The molecule has 0 atom stereocenters. The van der Waals surface area contributed by atoms with Crippen molar-refractivity contribution in [2.24, 2.45) is 4.99 Å². The molecule has 1 aromatic rings. The van der Waals surface area contributed by atoms with Crippen LogP contribution in [0.25, 0.3) is 0 Å². The molecule has 8 heteroatoms. The number of nitrogens with one attached hydrogen (secondary N) is 2. The van der Waals surface area contributed by atoms with Gasteiger partial charge in [-0.1, -0.05) is 30.3 Å². The van der Waals surface area contributed by atoms with E-state index in [4.69, 9.17) is 4.74 Å². The largest absolute Gasteiger partial charge is 0.390 e. The van der Waals surface area contributed by atoms with E-state index in [0.717, 1.165) is 5.56 Å². The molecular formula is C15H23F3IN3O. The topological polar surface area (TPSA) is 45.7 Å². The first-order chi connectivity index (χ1) is 10.5. The zero-order valence-electron chi connectivity index (χ0n) is 13.0. The van der Waals surface area contributed by atoms with Gasteiger partial charge >= 0.3 is 6.18 Å². The van der Waals surface area contributed by atoms with Crippen LogP contribution in [0.3, 0.4) is 0 Å². The maximum absolute atomic E-state index is 12.1. The van der Waals surface area contributed by atoms with Crippen molar-refractivity contribution in [3.05, 3.63) is 35.9 Å². The number of benzene rings is 1. The number of rotatable bonds is 8. The molecule has 0 saturated carbocycles. The standard InChI is InChI=1S/C15H22F3N3O.HI/c1-2-19-14(20-9-8-15(16,17)18)21-10-11-22-12-13-6-4-3-5-7-13;/h3-7H,2,8-12H2,1H3,(H2,19,20,21);1H. The van der Waals surface area contributed by atoms with Crippen LogP contribution in [0, 0.1) is 0 Å². The van der Waals surface area contributed by atoms with Gasteiger partial charge in [0.15, 0.2) is 5.96 Å². The van der Waals surface area contributed by atoms with Crippen molar-refractivity contribution >= 4 is 29.9 Å². The van der Waals surface area contributed by atoms with E-state index < -0.39 is 12.6 Å². The van der Waals surface area contributed by atoms with Gasteiger partial charge in [-0.05, 0) is 12.5 Å². The third-order valence-corrected chi connectivity index (χ3v) is 2.66. The molecule has 4 nitrogen and oxygen atoms in total. The summed E-state index contributed by atoms with van der Waals surface area (Å²) in [4.78, 5) is 3.87. The summed E-state index contributed by atoms with van der Waals surface area (Å²) in [7, 11) is 0. The van der Waals surface area contributed by atoms with Crippen LogP contribution in [0.4, 0.5) is 13.2 Å². The molecule has 0 unspecified atom stereocenters. The summed E-state index contributed by atoms with van der Waals surface area (Å²) in [6.07, 6.45) is -5.10. The molecule has 0 amide bonds. The van der Waals surface area contributed by atoms with Gasteiger partial charge in [0.05, 0.1) is 26.2 Å². The minimum atomic E-state index is -4.18. The van der Waals surface area contributed by atoms with Gasteiger partial charge in [-0.2, -0.15) is 13.2 Å². The highest BCUT2D eigenvalue weighted by molar-refractivity contribution is 14.0. The number of aliphatic imine (C=N–C) groups is 1. The molecule has 1 aromatic carbocycles. The maximum Gasteiger partial charge on any atom is 0.390 e. The lowest BCUT2D eigenvalue weighted by molar-refractivity contribution is -0.132. The number of hydrogen-bond acceptors (Lipinski definition) is 2. The molecule has 132 valence electrons. The Labute approximate surface area is 151 Å². The first-order valence-corrected chi connectivity index (χ1v) is 7.22. The number of guanidine groups is 1. The zero-order chi connectivity index (χ0) is 16.3. The lowest BCUT2D eigenvalue weighted by Gasteiger charge is -2.12. The highest BCUT2D eigenvalue weighted by Crippen LogP contribution is 2.18. The van der Waals surface area contributed by atoms with Crippen molar-refractivity contribution in [3.8, 4) is 0 Å². The van der Waals surface area contributed by atoms with E-state index in [1.165, 1.54) is 0 Å². The third-order valence-electron chi connectivity index (χ3n) is 2.66. The second-order valence-electron chi connectivity index (χ2n) is 4.59. The Bertz CT molecular complexity index is 441. The van der Waals surface area contributed by atoms with Crippen molar-refractivity contribution in [2.75, 3.05) is 26.2 Å². The summed E-state index contributed by atoms with van der Waals surface area (Å²) in [5.74, 6) is 0.370. The number of nitrogens with zero attached hydrogens (tertiary/aromatic N) is 1. The van der Waals surface area contributed by atoms with Gasteiger partial charge in [-0.15, -0.1) is 24.0 Å². The van der Waals surface area contributed by atoms with Gasteiger partial charge in [0, 0.05) is 13.1 Å². The molecule has 0 spiro atoms. The van der Waals surface area contributed by atoms with E-state index in [-0.39, 0.29) is 30.5 Å². The number of alkyl halides is 3. The van der Waals surface area contributed by atoms with Crippen LogP contribution < -0.4 is 10.6 Å². The van der Waals surface area contributed by atoms with Gasteiger partial charge in [-0.25, -0.2) is 0 Å². The predicted octanol–water partition coefficient (Wildman–Crippen LogP) is 3.33. The van der Waals surface area contributed by atoms with Gasteiger partial charge < -0.3 is 15.4 Å². The quantitative estimate of drug-likeness (QED) is 0.279. The van der Waals surface area contributed by atoms with Crippen LogP contribution >= 0.6 is 24.0 Å². The molecule has 0 bridgehead atoms. The minimum absolute atomic E-state index is 0. The summed E-state index contributed by atoms with van der Waals surface area (Å²) in [5, 5.41) is 5.83. The molecule has 23 heavy (non-hydrogen) atoms. The van der Waals surface area contributed by atoms with Crippen molar-refractivity contribution in [1.82, 2.24) is 10.6 Å². The Balaban J connectivity index is 0.00000484. The van der Waals surface area contributed by atoms with E-state index in [2.05, 4.69) is 15.6 Å². The SMILES string of the molecule is CCNC(=NCCC(F)(F)F)NCCOCc1ccccc1.I. The minimum Gasteiger partial charge on any atom is -0.375 e. The normalized spacial score (nSPS) is 11.7. The van der Waals surface area contributed by atoms with Crippen LogP contribution in [-0.2, 0) is 11.3 Å². The summed E-state index contributed by atoms with van der Waals surface area (Å²) in [6.45, 7) is 3.58. The lowest BCUT2D eigenvalue weighted by Crippen LogP contribution is -2.39. The Morgan fingerprint density at radius 1 is 1.17 bits per heavy atom. The highest BCUT2D eigenvalue weighted by atomic mass is 127. The molecule has 0 heterocycles. The fourth-order valence-electron chi connectivity index (χ4n) is 1.64. The third kappa shape index (κ3) is 12.1. The second kappa shape index (κ2) is 12.4. The fraction of sp³-hybridized carbons (Fsp3) is 0.533. The van der Waals surface area contributed by atoms with E-state index in [1.807, 2.05) is 37.3 Å². The Kier molecular flexibility index (Phi) is 11.8. The van der Waals surface area contributed by atoms with Gasteiger partial charge in [0.2, 0.25) is 0 Å². The summed E-state index contributed by atoms with van der Waals surface area (Å²) in [5.41, 5.74) is 1.08. The second-order valence-corrected chi connectivity index (χ2v) is 4.59. The summed E-state index contributed by atoms with van der Waals surface area (Å²) < 4.78 is 41.7. The average Bonchev–Trinajstić information content (AvgIpc) is 2.46. The first-order valence-electron chi connectivity index (χ1n) is 7.22. The zero-order valence-corrected chi connectivity index (χ0v) is 15.4. The van der Waals surface area contributed by atoms with Gasteiger partial charge in [-0.3, -0.25) is 4.99 Å². The molecule has 0 aromatic heterocycles. The van der Waals surface area contributed by atoms with Crippen LogP contribution in [0.2, 0.25) is 0 Å². The molecule has 0 fully saturated rings. The summed E-state index contributed by atoms with van der Waals surface area (Å²) >= 11 is 0. The molecule has 0 aliphatic rings. The molecule has 1 rings (SSSR count). The smallest absolute Gasteiger partial charge is 0.375 e. The van der Waals surface area contributed by atoms with E-state index >= 15 is 0 Å². The molecule has 0 radical (unpaired) electrons. The Morgan fingerprint density at radius 2 is 1.87 bits per heavy atom. The van der Waals surface area contributed by atoms with E-state index in [9.17, 15) is 13.2 Å². The van der Waals surface area contributed by atoms with Crippen molar-refractivity contribution in [2.45, 2.75) is 26.1 Å². The van der Waals surface area contributed by atoms with Crippen LogP contribution in [0.5, 0.6) is 0 Å². The maximum atomic E-state index is 12.1. The number of ether oxygens (including phenoxy) is 1. The molecule has 0 saturated heterocycles. The van der Waals surface area contributed by atoms with Crippen molar-refractivity contribution < 1.29 is 17.9 Å². The fourth-order valence-corrected chi connectivity index (χ4v) is 1.64. The number of halogens is 4. The first kappa shape index (κ1) is 22.0. The molecule has 2 N–H and O–H groups in total. The highest BCUT2D eigenvalue weighted by Gasteiger charge is 2.26. The van der Waals surface area contributed by atoms with Crippen LogP contribution in [0.15, 0.2) is 35.3 Å². The van der Waals surface area contributed by atoms with Crippen LogP contribution in [-0.4, -0.2) is 38.4 Å². The van der Waals surface area contributed by atoms with Crippen molar-refractivity contribution in [3.63, 3.8) is 0 Å². The Hall–Kier alpha value is -1.03. The molecule has 0 aliphatic carbocycles. The van der Waals surface area contributed by atoms with Gasteiger partial charge in [0.25, 0.3) is 0 Å². The Morgan fingerprint density at radius 3 is 2.48 bits per heavy atom. The number of hydrogen-bond donors (Lipinski definition) is 2. The van der Waals surface area contributed by atoms with Gasteiger partial charge in [0.1, 0.15) is 0 Å². The lowest BCUT2D eigenvalue weighted by atomic mass is 10.2. The summed E-state index contributed by atoms with van der Waals surface area (Å²) in [6, 6.07) is 9.75. The average molecular weight is 445 g/mol. The molecular weight excluding hydrogens is 422 g/mol. The monoisotopic (exact) mass is 445 g/mol. The van der Waals surface area contributed by atoms with E-state index in [1.54, 1.807) is 0 Å². The van der Waals surface area contributed by atoms with Crippen molar-refractivity contribution in [1.29, 1.82) is 0 Å². The molecule has 0 aliphatic heterocycles. The van der Waals surface area contributed by atoms with Crippen LogP contribution in [0.1, 0.15) is 18.9 Å².